The Bertz CT molecular complexity index is 187. The molecular weight excluding hydrogens is 188 g/mol. The number of rotatable bonds is 7. The number of carboxylic acids is 1. The van der Waals surface area contributed by atoms with E-state index in [1.807, 2.05) is 20.8 Å². The number of aliphatic carboxylic acids is 1. The lowest BCUT2D eigenvalue weighted by molar-refractivity contribution is -0.324. The van der Waals surface area contributed by atoms with Gasteiger partial charge in [0.25, 0.3) is 0 Å². The van der Waals surface area contributed by atoms with Gasteiger partial charge in [0.1, 0.15) is 0 Å². The molecule has 0 aliphatic heterocycles. The van der Waals surface area contributed by atoms with E-state index in [2.05, 4.69) is 13.8 Å². The molecule has 0 radical (unpaired) electrons. The molecule has 0 spiro atoms. The third kappa shape index (κ3) is 3.22. The molecule has 2 nitrogen and oxygen atoms in total. The fourth-order valence-electron chi connectivity index (χ4n) is 2.35. The summed E-state index contributed by atoms with van der Waals surface area (Å²) in [6.45, 7) is 10.1. The Hall–Kier alpha value is -0.530. The molecule has 0 bridgehead atoms. The van der Waals surface area contributed by atoms with Crippen LogP contribution < -0.4 is 5.11 Å². The number of carboxylic acid groups (broad SMARTS) is 1. The lowest BCUT2D eigenvalue weighted by atomic mass is 9.66. The Balaban J connectivity index is 4.79. The predicted octanol–water partition coefficient (Wildman–Crippen LogP) is 2.62. The molecule has 0 amide bonds. The summed E-state index contributed by atoms with van der Waals surface area (Å²) >= 11 is 0. The average molecular weight is 213 g/mol. The maximum atomic E-state index is 11.3. The van der Waals surface area contributed by atoms with Gasteiger partial charge in [0, 0.05) is 11.4 Å². The highest BCUT2D eigenvalue weighted by Crippen LogP contribution is 2.39. The van der Waals surface area contributed by atoms with Crippen LogP contribution in [0.1, 0.15) is 60.3 Å². The van der Waals surface area contributed by atoms with Gasteiger partial charge in [-0.1, -0.05) is 60.3 Å². The zero-order valence-electron chi connectivity index (χ0n) is 10.8. The highest BCUT2D eigenvalue weighted by molar-refractivity contribution is 5.72. The topological polar surface area (TPSA) is 40.1 Å². The highest BCUT2D eigenvalue weighted by atomic mass is 16.4. The molecule has 0 saturated carbocycles. The maximum absolute atomic E-state index is 11.3. The smallest absolute Gasteiger partial charge is 0.0478 e. The highest BCUT2D eigenvalue weighted by Gasteiger charge is 2.37. The van der Waals surface area contributed by atoms with E-state index in [-0.39, 0.29) is 11.8 Å². The summed E-state index contributed by atoms with van der Waals surface area (Å²) in [6.07, 6.45) is 3.98. The molecule has 2 atom stereocenters. The first-order valence-corrected chi connectivity index (χ1v) is 6.12. The zero-order chi connectivity index (χ0) is 12.1. The van der Waals surface area contributed by atoms with Crippen molar-refractivity contribution >= 4 is 5.97 Å². The Kier molecular flexibility index (Phi) is 5.92. The van der Waals surface area contributed by atoms with Crippen LogP contribution in [0.2, 0.25) is 0 Å². The molecule has 0 aromatic rings. The SMILES string of the molecule is CCCC(C)C(C)(C(=O)[O-])C(C)CCC. The second-order valence-corrected chi connectivity index (χ2v) is 4.95. The lowest BCUT2D eigenvalue weighted by Gasteiger charge is -2.42. The summed E-state index contributed by atoms with van der Waals surface area (Å²) in [5, 5.41) is 11.3. The number of carbonyl (C=O) groups excluding carboxylic acids is 1. The molecule has 0 aromatic carbocycles. The Labute approximate surface area is 94.1 Å². The summed E-state index contributed by atoms with van der Waals surface area (Å²) in [5.41, 5.74) is -0.675. The Morgan fingerprint density at radius 1 is 1.13 bits per heavy atom. The molecule has 0 aliphatic rings. The van der Waals surface area contributed by atoms with Crippen molar-refractivity contribution in [3.8, 4) is 0 Å². The molecule has 2 unspecified atom stereocenters. The normalized spacial score (nSPS) is 19.3. The quantitative estimate of drug-likeness (QED) is 0.652. The third-order valence-electron chi connectivity index (χ3n) is 3.93. The molecule has 0 heterocycles. The van der Waals surface area contributed by atoms with Gasteiger partial charge in [-0.3, -0.25) is 0 Å². The van der Waals surface area contributed by atoms with Crippen molar-refractivity contribution in [1.29, 1.82) is 0 Å². The molecule has 0 rings (SSSR count). The molecule has 0 N–H and O–H groups in total. The van der Waals surface area contributed by atoms with E-state index in [1.165, 1.54) is 0 Å². The summed E-state index contributed by atoms with van der Waals surface area (Å²) in [4.78, 5) is 11.3. The summed E-state index contributed by atoms with van der Waals surface area (Å²) < 4.78 is 0. The van der Waals surface area contributed by atoms with Crippen LogP contribution in [-0.2, 0) is 4.79 Å². The van der Waals surface area contributed by atoms with E-state index in [9.17, 15) is 9.90 Å². The van der Waals surface area contributed by atoms with Crippen molar-refractivity contribution in [3.05, 3.63) is 0 Å². The van der Waals surface area contributed by atoms with Crippen LogP contribution in [-0.4, -0.2) is 5.97 Å². The van der Waals surface area contributed by atoms with Crippen LogP contribution in [0.3, 0.4) is 0 Å². The number of carbonyl (C=O) groups is 1. The van der Waals surface area contributed by atoms with Gasteiger partial charge in [-0.05, 0) is 11.8 Å². The van der Waals surface area contributed by atoms with E-state index < -0.39 is 11.4 Å². The van der Waals surface area contributed by atoms with Gasteiger partial charge in [-0.15, -0.1) is 0 Å². The van der Waals surface area contributed by atoms with Crippen molar-refractivity contribution in [3.63, 3.8) is 0 Å². The second-order valence-electron chi connectivity index (χ2n) is 4.95. The molecule has 0 saturated heterocycles. The Morgan fingerprint density at radius 2 is 1.47 bits per heavy atom. The molecule has 0 fully saturated rings. The first-order valence-electron chi connectivity index (χ1n) is 6.12. The summed E-state index contributed by atoms with van der Waals surface area (Å²) in [5.74, 6) is -0.507. The van der Waals surface area contributed by atoms with Crippen molar-refractivity contribution in [1.82, 2.24) is 0 Å². The van der Waals surface area contributed by atoms with E-state index in [4.69, 9.17) is 0 Å². The van der Waals surface area contributed by atoms with Gasteiger partial charge < -0.3 is 9.90 Å². The molecule has 90 valence electrons. The Morgan fingerprint density at radius 3 is 1.67 bits per heavy atom. The van der Waals surface area contributed by atoms with Crippen LogP contribution in [0.4, 0.5) is 0 Å². The van der Waals surface area contributed by atoms with Crippen LogP contribution >= 0.6 is 0 Å². The summed E-state index contributed by atoms with van der Waals surface area (Å²) in [7, 11) is 0. The van der Waals surface area contributed by atoms with Crippen LogP contribution in [0, 0.1) is 17.3 Å². The first kappa shape index (κ1) is 14.5. The minimum absolute atomic E-state index is 0.189. The van der Waals surface area contributed by atoms with E-state index in [0.29, 0.717) is 0 Å². The minimum atomic E-state index is -0.885. The lowest BCUT2D eigenvalue weighted by Crippen LogP contribution is -2.48. The molecular formula is C13H25O2-. The second kappa shape index (κ2) is 6.14. The van der Waals surface area contributed by atoms with Crippen LogP contribution in [0.5, 0.6) is 0 Å². The number of hydrogen-bond donors (Lipinski definition) is 0. The van der Waals surface area contributed by atoms with Gasteiger partial charge in [-0.25, -0.2) is 0 Å². The van der Waals surface area contributed by atoms with Crippen molar-refractivity contribution in [2.45, 2.75) is 60.3 Å². The average Bonchev–Trinajstić information content (AvgIpc) is 2.16. The van der Waals surface area contributed by atoms with Gasteiger partial charge in [0.2, 0.25) is 0 Å². The van der Waals surface area contributed by atoms with E-state index in [0.717, 1.165) is 25.7 Å². The van der Waals surface area contributed by atoms with Gasteiger partial charge >= 0.3 is 0 Å². The fraction of sp³-hybridized carbons (Fsp3) is 0.923. The number of hydrogen-bond acceptors (Lipinski definition) is 2. The molecule has 0 aliphatic carbocycles. The van der Waals surface area contributed by atoms with Gasteiger partial charge in [0.05, 0.1) is 0 Å². The maximum Gasteiger partial charge on any atom is 0.0478 e. The molecule has 2 heteroatoms. The van der Waals surface area contributed by atoms with Crippen LogP contribution in [0.25, 0.3) is 0 Å². The first-order chi connectivity index (χ1) is 6.91. The molecule has 15 heavy (non-hydrogen) atoms. The standard InChI is InChI=1S/C13H26O2/c1-6-8-10(3)13(5,12(14)15)11(4)9-7-2/h10-11H,6-9H2,1-5H3,(H,14,15)/p-1. The van der Waals surface area contributed by atoms with Crippen LogP contribution in [0.15, 0.2) is 0 Å². The summed E-state index contributed by atoms with van der Waals surface area (Å²) in [6, 6.07) is 0. The van der Waals surface area contributed by atoms with E-state index >= 15 is 0 Å². The van der Waals surface area contributed by atoms with Crippen molar-refractivity contribution in [2.75, 3.05) is 0 Å². The predicted molar refractivity (Wildman–Crippen MR) is 61.3 cm³/mol. The van der Waals surface area contributed by atoms with Gasteiger partial charge in [-0.2, -0.15) is 0 Å². The fourth-order valence-corrected chi connectivity index (χ4v) is 2.35. The van der Waals surface area contributed by atoms with E-state index in [1.54, 1.807) is 0 Å². The molecule has 0 aromatic heterocycles. The van der Waals surface area contributed by atoms with Crippen molar-refractivity contribution < 1.29 is 9.90 Å². The zero-order valence-corrected chi connectivity index (χ0v) is 10.8. The van der Waals surface area contributed by atoms with Gasteiger partial charge in [0.15, 0.2) is 0 Å². The minimum Gasteiger partial charge on any atom is -0.550 e. The largest absolute Gasteiger partial charge is 0.550 e. The third-order valence-corrected chi connectivity index (χ3v) is 3.93. The van der Waals surface area contributed by atoms with Crippen molar-refractivity contribution in [2.24, 2.45) is 17.3 Å². The monoisotopic (exact) mass is 213 g/mol.